The van der Waals surface area contributed by atoms with E-state index in [1.807, 2.05) is 24.3 Å². The first kappa shape index (κ1) is 25.4. The zero-order valence-corrected chi connectivity index (χ0v) is 21.6. The summed E-state index contributed by atoms with van der Waals surface area (Å²) in [5.41, 5.74) is 5.62. The summed E-state index contributed by atoms with van der Waals surface area (Å²) in [5.74, 6) is 0.497. The number of rotatable bonds is 7. The first-order chi connectivity index (χ1) is 16.8. The van der Waals surface area contributed by atoms with Crippen molar-refractivity contribution in [2.45, 2.75) is 25.2 Å². The molecule has 1 aromatic heterocycles. The Hall–Kier alpha value is -2.74. The molecule has 1 N–H and O–H groups in total. The van der Waals surface area contributed by atoms with E-state index >= 15 is 0 Å². The van der Waals surface area contributed by atoms with Crippen molar-refractivity contribution in [3.05, 3.63) is 88.0 Å². The number of H-pyrrole nitrogens is 1. The number of aromatic amines is 1. The Bertz CT molecular complexity index is 1280. The molecule has 1 atom stereocenters. The Morgan fingerprint density at radius 1 is 1.26 bits per heavy atom. The molecule has 4 rings (SSSR count). The first-order valence-electron chi connectivity index (χ1n) is 11.8. The SMILES string of the molecule is CN=C/C=C\C1=CC(C2CCN(S(C)(=O)=O)CC2)c2ccc(Cl)cc2C=C1C/C=C/c1cnc[nH]1. The lowest BCUT2D eigenvalue weighted by atomic mass is 9.78. The van der Waals surface area contributed by atoms with Crippen LogP contribution in [0.5, 0.6) is 0 Å². The molecule has 0 saturated carbocycles. The molecule has 1 aromatic carbocycles. The number of sulfonamides is 1. The molecular formula is C27H31ClN4O2S. The van der Waals surface area contributed by atoms with Gasteiger partial charge in [0, 0.05) is 37.3 Å². The van der Waals surface area contributed by atoms with Crippen molar-refractivity contribution in [1.82, 2.24) is 14.3 Å². The lowest BCUT2D eigenvalue weighted by Gasteiger charge is -2.34. The second kappa shape index (κ2) is 11.3. The van der Waals surface area contributed by atoms with Crippen molar-refractivity contribution >= 4 is 40.0 Å². The summed E-state index contributed by atoms with van der Waals surface area (Å²) in [4.78, 5) is 11.3. The molecule has 1 fully saturated rings. The van der Waals surface area contributed by atoms with Crippen molar-refractivity contribution in [3.8, 4) is 0 Å². The molecule has 1 saturated heterocycles. The predicted octanol–water partition coefficient (Wildman–Crippen LogP) is 5.50. The van der Waals surface area contributed by atoms with Crippen molar-refractivity contribution in [1.29, 1.82) is 0 Å². The van der Waals surface area contributed by atoms with Crippen molar-refractivity contribution in [3.63, 3.8) is 0 Å². The van der Waals surface area contributed by atoms with Crippen LogP contribution >= 0.6 is 11.6 Å². The molecule has 2 aliphatic rings. The lowest BCUT2D eigenvalue weighted by Crippen LogP contribution is -2.39. The maximum atomic E-state index is 12.0. The van der Waals surface area contributed by atoms with Crippen molar-refractivity contribution in [2.24, 2.45) is 10.9 Å². The normalized spacial score (nSPS) is 20.4. The quantitative estimate of drug-likeness (QED) is 0.499. The van der Waals surface area contributed by atoms with Gasteiger partial charge in [0.25, 0.3) is 0 Å². The van der Waals surface area contributed by atoms with Crippen LogP contribution in [0.15, 0.2) is 71.2 Å². The smallest absolute Gasteiger partial charge is 0.211 e. The number of nitrogens with one attached hydrogen (secondary N) is 1. The Labute approximate surface area is 212 Å². The highest BCUT2D eigenvalue weighted by Crippen LogP contribution is 2.41. The number of allylic oxidation sites excluding steroid dienone is 6. The summed E-state index contributed by atoms with van der Waals surface area (Å²) in [6, 6.07) is 6.10. The average molecular weight is 511 g/mol. The monoisotopic (exact) mass is 510 g/mol. The van der Waals surface area contributed by atoms with Crippen LogP contribution in [0.3, 0.4) is 0 Å². The Morgan fingerprint density at radius 2 is 2.06 bits per heavy atom. The summed E-state index contributed by atoms with van der Waals surface area (Å²) >= 11 is 6.42. The molecule has 6 nitrogen and oxygen atoms in total. The zero-order valence-electron chi connectivity index (χ0n) is 20.1. The van der Waals surface area contributed by atoms with E-state index in [4.69, 9.17) is 11.6 Å². The van der Waals surface area contributed by atoms with Gasteiger partial charge in [0.05, 0.1) is 24.5 Å². The van der Waals surface area contributed by atoms with Crippen LogP contribution in [0, 0.1) is 5.92 Å². The van der Waals surface area contributed by atoms with Crippen LogP contribution in [0.2, 0.25) is 5.02 Å². The molecule has 184 valence electrons. The van der Waals surface area contributed by atoms with E-state index in [-0.39, 0.29) is 5.92 Å². The van der Waals surface area contributed by atoms with Crippen LogP contribution in [-0.2, 0) is 10.0 Å². The number of aliphatic imine (C=N–C) groups is 1. The van der Waals surface area contributed by atoms with Gasteiger partial charge in [-0.1, -0.05) is 42.0 Å². The molecule has 1 aliphatic carbocycles. The maximum absolute atomic E-state index is 12.0. The van der Waals surface area contributed by atoms with Gasteiger partial charge in [-0.15, -0.1) is 0 Å². The molecular weight excluding hydrogens is 480 g/mol. The molecule has 0 spiro atoms. The minimum atomic E-state index is -3.17. The number of imidazole rings is 1. The average Bonchev–Trinajstić information content (AvgIpc) is 3.29. The van der Waals surface area contributed by atoms with E-state index in [1.54, 1.807) is 30.1 Å². The van der Waals surface area contributed by atoms with Gasteiger partial charge in [0.15, 0.2) is 0 Å². The van der Waals surface area contributed by atoms with E-state index in [0.717, 1.165) is 36.1 Å². The van der Waals surface area contributed by atoms with E-state index in [1.165, 1.54) is 17.4 Å². The minimum Gasteiger partial charge on any atom is -0.345 e. The van der Waals surface area contributed by atoms with Gasteiger partial charge in [-0.05, 0) is 71.7 Å². The Morgan fingerprint density at radius 3 is 2.74 bits per heavy atom. The highest BCUT2D eigenvalue weighted by molar-refractivity contribution is 7.88. The Kier molecular flexibility index (Phi) is 8.21. The lowest BCUT2D eigenvalue weighted by molar-refractivity contribution is 0.260. The summed E-state index contributed by atoms with van der Waals surface area (Å²) in [5, 5.41) is 0.704. The van der Waals surface area contributed by atoms with E-state index in [2.05, 4.69) is 45.3 Å². The summed E-state index contributed by atoms with van der Waals surface area (Å²) in [6.45, 7) is 1.11. The van der Waals surface area contributed by atoms with E-state index in [0.29, 0.717) is 24.0 Å². The molecule has 0 radical (unpaired) electrons. The third-order valence-electron chi connectivity index (χ3n) is 6.61. The largest absolute Gasteiger partial charge is 0.345 e. The molecule has 1 aliphatic heterocycles. The van der Waals surface area contributed by atoms with Crippen LogP contribution in [-0.4, -0.2) is 55.3 Å². The number of halogens is 1. The standard InChI is InChI=1S/C27H31ClN4O2S/c1-29-12-4-6-22-17-27(20-10-13-32(14-11-20)35(2,33)34)26-9-8-24(28)16-23(26)15-21(22)5-3-7-25-18-30-19-31-25/h3-4,6-9,12,15-20,27H,5,10-11,13-14H2,1-2H3,(H,30,31)/b6-4-,7-3+,29-12?. The highest BCUT2D eigenvalue weighted by atomic mass is 35.5. The number of hydrogen-bond acceptors (Lipinski definition) is 4. The molecule has 2 heterocycles. The first-order valence-corrected chi connectivity index (χ1v) is 14.0. The van der Waals surface area contributed by atoms with Crippen LogP contribution in [0.1, 0.15) is 42.0 Å². The second-order valence-electron chi connectivity index (χ2n) is 8.97. The molecule has 8 heteroatoms. The summed E-state index contributed by atoms with van der Waals surface area (Å²) < 4.78 is 25.7. The van der Waals surface area contributed by atoms with Gasteiger partial charge < -0.3 is 4.98 Å². The van der Waals surface area contributed by atoms with Crippen molar-refractivity contribution in [2.75, 3.05) is 26.4 Å². The maximum Gasteiger partial charge on any atom is 0.211 e. The van der Waals surface area contributed by atoms with Crippen LogP contribution in [0.4, 0.5) is 0 Å². The fourth-order valence-electron chi connectivity index (χ4n) is 4.83. The van der Waals surface area contributed by atoms with Gasteiger partial charge in [-0.3, -0.25) is 4.99 Å². The topological polar surface area (TPSA) is 78.4 Å². The van der Waals surface area contributed by atoms with E-state index < -0.39 is 10.0 Å². The highest BCUT2D eigenvalue weighted by Gasteiger charge is 2.31. The molecule has 0 amide bonds. The summed E-state index contributed by atoms with van der Waals surface area (Å²) in [7, 11) is -1.41. The minimum absolute atomic E-state index is 0.160. The van der Waals surface area contributed by atoms with Gasteiger partial charge in [0.2, 0.25) is 10.0 Å². The Balaban J connectivity index is 1.71. The number of benzene rings is 1. The fourth-order valence-corrected chi connectivity index (χ4v) is 5.89. The van der Waals surface area contributed by atoms with Crippen LogP contribution < -0.4 is 0 Å². The summed E-state index contributed by atoms with van der Waals surface area (Å²) in [6.07, 6.45) is 21.7. The number of aromatic nitrogens is 2. The predicted molar refractivity (Wildman–Crippen MR) is 145 cm³/mol. The molecule has 2 aromatic rings. The molecule has 1 unspecified atom stereocenters. The number of fused-ring (bicyclic) bond motifs is 1. The fraction of sp³-hybridized carbons (Fsp3) is 0.333. The van der Waals surface area contributed by atoms with E-state index in [9.17, 15) is 8.42 Å². The third kappa shape index (κ3) is 6.48. The number of nitrogens with zero attached hydrogens (tertiary/aromatic N) is 3. The zero-order chi connectivity index (χ0) is 24.8. The molecule has 35 heavy (non-hydrogen) atoms. The van der Waals surface area contributed by atoms with Gasteiger partial charge in [-0.25, -0.2) is 17.7 Å². The third-order valence-corrected chi connectivity index (χ3v) is 8.15. The van der Waals surface area contributed by atoms with Crippen LogP contribution in [0.25, 0.3) is 12.2 Å². The number of piperidine rings is 1. The second-order valence-corrected chi connectivity index (χ2v) is 11.4. The van der Waals surface area contributed by atoms with Gasteiger partial charge >= 0.3 is 0 Å². The van der Waals surface area contributed by atoms with Gasteiger partial charge in [-0.2, -0.15) is 0 Å². The molecule has 0 bridgehead atoms. The van der Waals surface area contributed by atoms with Gasteiger partial charge in [0.1, 0.15) is 0 Å². The number of hydrogen-bond donors (Lipinski definition) is 1. The van der Waals surface area contributed by atoms with Crippen molar-refractivity contribution < 1.29 is 8.42 Å².